The first-order chi connectivity index (χ1) is 18.9. The summed E-state index contributed by atoms with van der Waals surface area (Å²) in [5.41, 5.74) is 8.95. The van der Waals surface area contributed by atoms with Gasteiger partial charge in [0.25, 0.3) is 0 Å². The highest BCUT2D eigenvalue weighted by Gasteiger charge is 2.17. The number of anilines is 3. The molecule has 0 N–H and O–H groups in total. The first-order valence-corrected chi connectivity index (χ1v) is 12.7. The van der Waals surface area contributed by atoms with Crippen molar-refractivity contribution in [2.75, 3.05) is 4.90 Å². The van der Waals surface area contributed by atoms with Gasteiger partial charge >= 0.3 is 0 Å². The molecule has 7 rings (SSSR count). The normalized spacial score (nSPS) is 11.2. The minimum Gasteiger partial charge on any atom is -0.310 e. The highest BCUT2D eigenvalue weighted by atomic mass is 15.1. The minimum atomic E-state index is 1.01. The van der Waals surface area contributed by atoms with Crippen molar-refractivity contribution in [3.63, 3.8) is 0 Å². The van der Waals surface area contributed by atoms with E-state index in [4.69, 9.17) is 0 Å². The van der Waals surface area contributed by atoms with E-state index in [9.17, 15) is 0 Å². The van der Waals surface area contributed by atoms with Gasteiger partial charge in [-0.25, -0.2) is 9.97 Å². The number of rotatable bonds is 5. The van der Waals surface area contributed by atoms with Crippen molar-refractivity contribution in [3.05, 3.63) is 146 Å². The van der Waals surface area contributed by atoms with Crippen molar-refractivity contribution in [2.24, 2.45) is 0 Å². The number of benzene rings is 5. The summed E-state index contributed by atoms with van der Waals surface area (Å²) < 4.78 is 2.34. The van der Waals surface area contributed by atoms with E-state index in [-0.39, 0.29) is 0 Å². The van der Waals surface area contributed by atoms with Gasteiger partial charge in [0, 0.05) is 51.5 Å². The summed E-state index contributed by atoms with van der Waals surface area (Å²) in [7, 11) is 0. The third-order valence-corrected chi connectivity index (χ3v) is 6.96. The zero-order valence-corrected chi connectivity index (χ0v) is 20.6. The second-order valence-electron chi connectivity index (χ2n) is 9.23. The molecule has 2 aromatic heterocycles. The molecule has 180 valence electrons. The van der Waals surface area contributed by atoms with E-state index in [1.165, 1.54) is 21.8 Å². The van der Waals surface area contributed by atoms with E-state index in [1.54, 1.807) is 6.33 Å². The lowest BCUT2D eigenvalue weighted by atomic mass is 10.1. The highest BCUT2D eigenvalue weighted by Crippen LogP contribution is 2.39. The molecule has 4 heteroatoms. The maximum atomic E-state index is 4.16. The number of hydrogen-bond acceptors (Lipinski definition) is 3. The van der Waals surface area contributed by atoms with E-state index in [2.05, 4.69) is 147 Å². The minimum absolute atomic E-state index is 1.01. The Kier molecular flexibility index (Phi) is 5.41. The van der Waals surface area contributed by atoms with Crippen molar-refractivity contribution in [3.8, 4) is 16.8 Å². The molecule has 4 nitrogen and oxygen atoms in total. The zero-order chi connectivity index (χ0) is 25.3. The predicted molar refractivity (Wildman–Crippen MR) is 156 cm³/mol. The first-order valence-electron chi connectivity index (χ1n) is 12.7. The van der Waals surface area contributed by atoms with Crippen LogP contribution in [0.25, 0.3) is 38.6 Å². The molecule has 0 fully saturated rings. The third kappa shape index (κ3) is 3.80. The van der Waals surface area contributed by atoms with Crippen LogP contribution < -0.4 is 4.90 Å². The monoisotopic (exact) mass is 488 g/mol. The van der Waals surface area contributed by atoms with Crippen molar-refractivity contribution in [2.45, 2.75) is 0 Å². The third-order valence-electron chi connectivity index (χ3n) is 6.96. The Labute approximate surface area is 221 Å². The number of fused-ring (bicyclic) bond motifs is 3. The first kappa shape index (κ1) is 22.0. The smallest absolute Gasteiger partial charge is 0.115 e. The van der Waals surface area contributed by atoms with E-state index >= 15 is 0 Å². The SMILES string of the molecule is c1ccc(N(c2ccccc2)c2ccc3c(c2)c2ccccc2n3-c2ccc(-c3cncnc3)cc2)cc1. The van der Waals surface area contributed by atoms with Gasteiger partial charge in [-0.3, -0.25) is 0 Å². The molecule has 0 aliphatic heterocycles. The Bertz CT molecular complexity index is 1800. The van der Waals surface area contributed by atoms with E-state index in [1.807, 2.05) is 12.4 Å². The quantitative estimate of drug-likeness (QED) is 0.243. The second kappa shape index (κ2) is 9.34. The second-order valence-corrected chi connectivity index (χ2v) is 9.23. The molecule has 0 radical (unpaired) electrons. The van der Waals surface area contributed by atoms with Crippen molar-refractivity contribution < 1.29 is 0 Å². The van der Waals surface area contributed by atoms with Gasteiger partial charge in [0.2, 0.25) is 0 Å². The Balaban J connectivity index is 1.40. The summed E-state index contributed by atoms with van der Waals surface area (Å²) in [6.45, 7) is 0. The molecule has 38 heavy (non-hydrogen) atoms. The van der Waals surface area contributed by atoms with Gasteiger partial charge in [0.15, 0.2) is 0 Å². The summed E-state index contributed by atoms with van der Waals surface area (Å²) in [4.78, 5) is 10.6. The number of nitrogens with zero attached hydrogens (tertiary/aromatic N) is 4. The van der Waals surface area contributed by atoms with Crippen molar-refractivity contribution in [1.29, 1.82) is 0 Å². The van der Waals surface area contributed by atoms with Gasteiger partial charge in [-0.15, -0.1) is 0 Å². The molecule has 0 saturated carbocycles. The molecule has 0 amide bonds. The van der Waals surface area contributed by atoms with Gasteiger partial charge in [-0.2, -0.15) is 0 Å². The van der Waals surface area contributed by atoms with E-state index in [0.29, 0.717) is 0 Å². The molecule has 7 aromatic rings. The average Bonchev–Trinajstić information content (AvgIpc) is 3.33. The van der Waals surface area contributed by atoms with Crippen LogP contribution in [-0.4, -0.2) is 14.5 Å². The van der Waals surface area contributed by atoms with Gasteiger partial charge < -0.3 is 9.47 Å². The lowest BCUT2D eigenvalue weighted by Crippen LogP contribution is -2.09. The Morgan fingerprint density at radius 3 is 1.76 bits per heavy atom. The molecule has 0 spiro atoms. The lowest BCUT2D eigenvalue weighted by molar-refractivity contribution is 1.16. The molecule has 5 aromatic carbocycles. The summed E-state index contributed by atoms with van der Waals surface area (Å²) >= 11 is 0. The predicted octanol–water partition coefficient (Wildman–Crippen LogP) is 8.71. The Morgan fingerprint density at radius 2 is 1.08 bits per heavy atom. The fourth-order valence-corrected chi connectivity index (χ4v) is 5.23. The summed E-state index contributed by atoms with van der Waals surface area (Å²) in [6, 6.07) is 45.1. The molecule has 0 unspecified atom stereocenters. The standard InChI is InChI=1S/C34H24N4/c1-3-9-27(10-4-1)37(28-11-5-2-6-12-28)30-19-20-34-32(21-30)31-13-7-8-14-33(31)38(34)29-17-15-25(16-18-29)26-22-35-24-36-23-26/h1-24H. The van der Waals surface area contributed by atoms with Gasteiger partial charge in [0.05, 0.1) is 11.0 Å². The number of hydrogen-bond donors (Lipinski definition) is 0. The molecule has 0 saturated heterocycles. The van der Waals surface area contributed by atoms with Crippen molar-refractivity contribution in [1.82, 2.24) is 14.5 Å². The lowest BCUT2D eigenvalue weighted by Gasteiger charge is -2.25. The van der Waals surface area contributed by atoms with Crippen LogP contribution in [0.15, 0.2) is 146 Å². The van der Waals surface area contributed by atoms with Crippen LogP contribution in [0.5, 0.6) is 0 Å². The van der Waals surface area contributed by atoms with Gasteiger partial charge in [-0.05, 0) is 66.2 Å². The molecular formula is C34H24N4. The van der Waals surface area contributed by atoms with Crippen molar-refractivity contribution >= 4 is 38.9 Å². The highest BCUT2D eigenvalue weighted by molar-refractivity contribution is 6.10. The Hall–Kier alpha value is -5.22. The van der Waals surface area contributed by atoms with Gasteiger partial charge in [0.1, 0.15) is 6.33 Å². The largest absolute Gasteiger partial charge is 0.310 e. The van der Waals surface area contributed by atoms with Crippen LogP contribution in [0, 0.1) is 0 Å². The van der Waals surface area contributed by atoms with Crippen LogP contribution >= 0.6 is 0 Å². The van der Waals surface area contributed by atoms with E-state index in [0.717, 1.165) is 33.9 Å². The summed E-state index contributed by atoms with van der Waals surface area (Å²) in [5.74, 6) is 0. The number of para-hydroxylation sites is 3. The Morgan fingerprint density at radius 1 is 0.474 bits per heavy atom. The maximum Gasteiger partial charge on any atom is 0.115 e. The molecule has 0 bridgehead atoms. The summed E-state index contributed by atoms with van der Waals surface area (Å²) in [6.07, 6.45) is 5.24. The fourth-order valence-electron chi connectivity index (χ4n) is 5.23. The van der Waals surface area contributed by atoms with Crippen LogP contribution in [-0.2, 0) is 0 Å². The molecule has 2 heterocycles. The zero-order valence-electron chi connectivity index (χ0n) is 20.6. The van der Waals surface area contributed by atoms with Crippen LogP contribution in [0.2, 0.25) is 0 Å². The molecule has 0 aliphatic rings. The maximum absolute atomic E-state index is 4.16. The molecule has 0 aliphatic carbocycles. The van der Waals surface area contributed by atoms with Gasteiger partial charge in [-0.1, -0.05) is 66.7 Å². The molecular weight excluding hydrogens is 464 g/mol. The topological polar surface area (TPSA) is 34.0 Å². The summed E-state index contributed by atoms with van der Waals surface area (Å²) in [5, 5.41) is 2.45. The average molecular weight is 489 g/mol. The fraction of sp³-hybridized carbons (Fsp3) is 0. The van der Waals surface area contributed by atoms with Crippen LogP contribution in [0.3, 0.4) is 0 Å². The number of aromatic nitrogens is 3. The van der Waals surface area contributed by atoms with Crippen LogP contribution in [0.1, 0.15) is 0 Å². The molecule has 0 atom stereocenters. The van der Waals surface area contributed by atoms with E-state index < -0.39 is 0 Å². The van der Waals surface area contributed by atoms with Crippen LogP contribution in [0.4, 0.5) is 17.1 Å².